The van der Waals surface area contributed by atoms with Crippen LogP contribution < -0.4 is 15.3 Å². The number of piperazine rings is 1. The molecule has 3 aromatic rings. The van der Waals surface area contributed by atoms with Crippen molar-refractivity contribution in [1.29, 1.82) is 0 Å². The molecule has 7 nitrogen and oxygen atoms in total. The van der Waals surface area contributed by atoms with Gasteiger partial charge in [-0.25, -0.2) is 15.0 Å². The second-order valence-corrected chi connectivity index (χ2v) is 8.55. The van der Waals surface area contributed by atoms with Crippen LogP contribution in [-0.4, -0.2) is 54.7 Å². The van der Waals surface area contributed by atoms with Gasteiger partial charge in [0.25, 0.3) is 0 Å². The Morgan fingerprint density at radius 3 is 2.56 bits per heavy atom. The molecule has 1 aromatic heterocycles. The predicted molar refractivity (Wildman–Crippen MR) is 128 cm³/mol. The molecule has 1 N–H and O–H groups in total. The van der Waals surface area contributed by atoms with Gasteiger partial charge >= 0.3 is 0 Å². The minimum Gasteiger partial charge on any atom is -0.369 e. The number of rotatable bonds is 5. The van der Waals surface area contributed by atoms with Gasteiger partial charge in [0.05, 0.1) is 12.6 Å². The molecule has 0 unspecified atom stereocenters. The van der Waals surface area contributed by atoms with Crippen LogP contribution in [0, 0.1) is 6.92 Å². The molecule has 2 fully saturated rings. The van der Waals surface area contributed by atoms with Crippen molar-refractivity contribution in [3.8, 4) is 0 Å². The van der Waals surface area contributed by atoms with Crippen LogP contribution in [0.3, 0.4) is 0 Å². The third kappa shape index (κ3) is 4.40. The van der Waals surface area contributed by atoms with Gasteiger partial charge in [0, 0.05) is 50.0 Å². The van der Waals surface area contributed by atoms with E-state index in [4.69, 9.17) is 4.84 Å². The van der Waals surface area contributed by atoms with Crippen LogP contribution in [0.2, 0.25) is 0 Å². The highest BCUT2D eigenvalue weighted by Crippen LogP contribution is 2.34. The lowest BCUT2D eigenvalue weighted by Gasteiger charge is -2.35. The number of likely N-dealkylation sites (N-methyl/N-ethyl adjacent to an activating group) is 1. The van der Waals surface area contributed by atoms with Gasteiger partial charge in [-0.3, -0.25) is 4.84 Å². The Morgan fingerprint density at radius 2 is 1.78 bits per heavy atom. The third-order valence-electron chi connectivity index (χ3n) is 6.28. The second-order valence-electron chi connectivity index (χ2n) is 8.55. The minimum absolute atomic E-state index is 0.157. The molecule has 32 heavy (non-hydrogen) atoms. The second kappa shape index (κ2) is 9.14. The average Bonchev–Trinajstić information content (AvgIpc) is 3.31. The van der Waals surface area contributed by atoms with Gasteiger partial charge in [-0.15, -0.1) is 0 Å². The van der Waals surface area contributed by atoms with Crippen molar-refractivity contribution in [3.05, 3.63) is 72.1 Å². The predicted octanol–water partition coefficient (Wildman–Crippen LogP) is 4.16. The fourth-order valence-electron chi connectivity index (χ4n) is 4.49. The van der Waals surface area contributed by atoms with Gasteiger partial charge in [0.2, 0.25) is 0 Å². The first-order chi connectivity index (χ1) is 15.7. The van der Waals surface area contributed by atoms with E-state index in [1.807, 2.05) is 17.2 Å². The van der Waals surface area contributed by atoms with E-state index >= 15 is 0 Å². The van der Waals surface area contributed by atoms with Crippen LogP contribution in [0.5, 0.6) is 0 Å². The molecule has 7 heteroatoms. The number of hydrogen-bond donors (Lipinski definition) is 1. The molecule has 1 atom stereocenters. The molecule has 2 saturated heterocycles. The SMILES string of the molecule is Cc1cc(Nc2cc(N3OCC[C@@H]3c3ccccc3)ncn2)ccc1N1CCN(C)CC1. The highest BCUT2D eigenvalue weighted by molar-refractivity contribution is 5.65. The molecular formula is C25H30N6O. The molecule has 2 aliphatic rings. The lowest BCUT2D eigenvalue weighted by Crippen LogP contribution is -2.44. The number of hydrogen-bond acceptors (Lipinski definition) is 7. The van der Waals surface area contributed by atoms with E-state index in [9.17, 15) is 0 Å². The Bertz CT molecular complexity index is 1050. The molecule has 2 aliphatic heterocycles. The summed E-state index contributed by atoms with van der Waals surface area (Å²) < 4.78 is 0. The molecule has 3 heterocycles. The number of aryl methyl sites for hydroxylation is 1. The van der Waals surface area contributed by atoms with Crippen LogP contribution in [0.4, 0.5) is 23.0 Å². The molecule has 5 rings (SSSR count). The summed E-state index contributed by atoms with van der Waals surface area (Å²) in [5.74, 6) is 1.52. The molecule has 2 aromatic carbocycles. The molecular weight excluding hydrogens is 400 g/mol. The Labute approximate surface area is 189 Å². The fourth-order valence-corrected chi connectivity index (χ4v) is 4.49. The van der Waals surface area contributed by atoms with Gasteiger partial charge in [-0.1, -0.05) is 30.3 Å². The van der Waals surface area contributed by atoms with Crippen LogP contribution in [0.15, 0.2) is 60.9 Å². The van der Waals surface area contributed by atoms with E-state index in [1.54, 1.807) is 6.33 Å². The number of benzene rings is 2. The highest BCUT2D eigenvalue weighted by atomic mass is 16.7. The Morgan fingerprint density at radius 1 is 0.969 bits per heavy atom. The molecule has 0 bridgehead atoms. The summed E-state index contributed by atoms with van der Waals surface area (Å²) in [6.45, 7) is 7.19. The van der Waals surface area contributed by atoms with Crippen molar-refractivity contribution in [3.63, 3.8) is 0 Å². The van der Waals surface area contributed by atoms with Crippen LogP contribution in [0.1, 0.15) is 23.6 Å². The summed E-state index contributed by atoms with van der Waals surface area (Å²) in [6, 6.07) is 19.1. The number of nitrogens with one attached hydrogen (secondary N) is 1. The van der Waals surface area contributed by atoms with E-state index in [2.05, 4.69) is 81.5 Å². The standard InChI is InChI=1S/C25H30N6O/c1-19-16-21(8-9-22(19)30-13-11-29(2)12-14-30)28-24-17-25(27-18-26-24)31-23(10-15-32-31)20-6-4-3-5-7-20/h3-9,16-18,23H,10-15H2,1-2H3,(H,26,27,28)/t23-/m1/s1. The smallest absolute Gasteiger partial charge is 0.158 e. The summed E-state index contributed by atoms with van der Waals surface area (Å²) in [7, 11) is 2.18. The largest absolute Gasteiger partial charge is 0.369 e. The summed E-state index contributed by atoms with van der Waals surface area (Å²) in [5, 5.41) is 5.35. The third-order valence-corrected chi connectivity index (χ3v) is 6.28. The van der Waals surface area contributed by atoms with Gasteiger partial charge in [0.1, 0.15) is 12.1 Å². The Kier molecular flexibility index (Phi) is 5.92. The van der Waals surface area contributed by atoms with E-state index < -0.39 is 0 Å². The van der Waals surface area contributed by atoms with Gasteiger partial charge < -0.3 is 15.1 Å². The van der Waals surface area contributed by atoms with Gasteiger partial charge in [-0.05, 0) is 43.3 Å². The Hall–Kier alpha value is -3.16. The van der Waals surface area contributed by atoms with E-state index in [-0.39, 0.29) is 6.04 Å². The number of aromatic nitrogens is 2. The van der Waals surface area contributed by atoms with E-state index in [1.165, 1.54) is 16.8 Å². The van der Waals surface area contributed by atoms with Crippen molar-refractivity contribution >= 4 is 23.0 Å². The molecule has 166 valence electrons. The maximum atomic E-state index is 5.93. The Balaban J connectivity index is 1.31. The summed E-state index contributed by atoms with van der Waals surface area (Å²) >= 11 is 0. The molecule has 0 aliphatic carbocycles. The van der Waals surface area contributed by atoms with Gasteiger partial charge in [0.15, 0.2) is 5.82 Å². The van der Waals surface area contributed by atoms with Crippen molar-refractivity contribution in [2.45, 2.75) is 19.4 Å². The first kappa shape index (κ1) is 20.7. The van der Waals surface area contributed by atoms with Crippen molar-refractivity contribution in [2.75, 3.05) is 55.1 Å². The molecule has 0 spiro atoms. The zero-order chi connectivity index (χ0) is 21.9. The van der Waals surface area contributed by atoms with Crippen LogP contribution in [0.25, 0.3) is 0 Å². The number of hydroxylamine groups is 1. The van der Waals surface area contributed by atoms with Crippen LogP contribution >= 0.6 is 0 Å². The first-order valence-corrected chi connectivity index (χ1v) is 11.3. The van der Waals surface area contributed by atoms with Crippen molar-refractivity contribution in [1.82, 2.24) is 14.9 Å². The first-order valence-electron chi connectivity index (χ1n) is 11.3. The molecule has 0 radical (unpaired) electrons. The van der Waals surface area contributed by atoms with E-state index in [0.717, 1.165) is 49.9 Å². The van der Waals surface area contributed by atoms with Crippen molar-refractivity contribution < 1.29 is 4.84 Å². The highest BCUT2D eigenvalue weighted by Gasteiger charge is 2.29. The quantitative estimate of drug-likeness (QED) is 0.652. The zero-order valence-corrected chi connectivity index (χ0v) is 18.7. The normalized spacial score (nSPS) is 19.4. The summed E-state index contributed by atoms with van der Waals surface area (Å²) in [6.07, 6.45) is 2.52. The summed E-state index contributed by atoms with van der Waals surface area (Å²) in [5.41, 5.74) is 4.82. The van der Waals surface area contributed by atoms with Crippen LogP contribution in [-0.2, 0) is 4.84 Å². The summed E-state index contributed by atoms with van der Waals surface area (Å²) in [4.78, 5) is 19.7. The fraction of sp³-hybridized carbons (Fsp3) is 0.360. The number of anilines is 4. The van der Waals surface area contributed by atoms with E-state index in [0.29, 0.717) is 6.61 Å². The number of nitrogens with zero attached hydrogens (tertiary/aromatic N) is 5. The maximum absolute atomic E-state index is 5.93. The lowest BCUT2D eigenvalue weighted by molar-refractivity contribution is 0.157. The zero-order valence-electron chi connectivity index (χ0n) is 18.7. The topological polar surface area (TPSA) is 56.8 Å². The average molecular weight is 431 g/mol. The maximum Gasteiger partial charge on any atom is 0.158 e. The molecule has 0 amide bonds. The lowest BCUT2D eigenvalue weighted by atomic mass is 10.0. The minimum atomic E-state index is 0.157. The van der Waals surface area contributed by atoms with Crippen molar-refractivity contribution in [2.24, 2.45) is 0 Å². The van der Waals surface area contributed by atoms with Gasteiger partial charge in [-0.2, -0.15) is 0 Å². The monoisotopic (exact) mass is 430 g/mol. The molecule has 0 saturated carbocycles.